The SMILES string of the molecule is CC(C)c1c(NN)ncnc1NC(CO)C(C)C. The number of aliphatic hydroxyl groups excluding tert-OH is 1. The molecular weight excluding hydrogens is 230 g/mol. The third-order valence-corrected chi connectivity index (χ3v) is 2.92. The van der Waals surface area contributed by atoms with Gasteiger partial charge in [-0.15, -0.1) is 0 Å². The molecule has 1 heterocycles. The number of hydrogen-bond acceptors (Lipinski definition) is 6. The molecule has 5 N–H and O–H groups in total. The minimum absolute atomic E-state index is 0.0389. The second-order valence-corrected chi connectivity index (χ2v) is 4.96. The van der Waals surface area contributed by atoms with Gasteiger partial charge in [0.25, 0.3) is 0 Å². The number of nitrogen functional groups attached to an aromatic ring is 1. The average Bonchev–Trinajstić information content (AvgIpc) is 2.34. The first kappa shape index (κ1) is 14.7. The zero-order chi connectivity index (χ0) is 13.7. The Bertz CT molecular complexity index is 381. The zero-order valence-corrected chi connectivity index (χ0v) is 11.4. The number of rotatable bonds is 6. The largest absolute Gasteiger partial charge is 0.394 e. The lowest BCUT2D eigenvalue weighted by molar-refractivity contribution is 0.249. The summed E-state index contributed by atoms with van der Waals surface area (Å²) in [6.45, 7) is 8.26. The van der Waals surface area contributed by atoms with Crippen LogP contribution in [0.15, 0.2) is 6.33 Å². The third kappa shape index (κ3) is 3.30. The van der Waals surface area contributed by atoms with Crippen LogP contribution in [-0.4, -0.2) is 27.7 Å². The van der Waals surface area contributed by atoms with Crippen LogP contribution in [0, 0.1) is 5.92 Å². The summed E-state index contributed by atoms with van der Waals surface area (Å²) < 4.78 is 0. The molecular formula is C12H23N5O. The highest BCUT2D eigenvalue weighted by molar-refractivity contribution is 5.58. The summed E-state index contributed by atoms with van der Waals surface area (Å²) in [4.78, 5) is 8.36. The summed E-state index contributed by atoms with van der Waals surface area (Å²) in [7, 11) is 0. The molecule has 0 saturated heterocycles. The van der Waals surface area contributed by atoms with Crippen LogP contribution in [-0.2, 0) is 0 Å². The number of nitrogens with two attached hydrogens (primary N) is 1. The maximum Gasteiger partial charge on any atom is 0.148 e. The summed E-state index contributed by atoms with van der Waals surface area (Å²) in [5, 5.41) is 12.6. The molecule has 1 atom stereocenters. The summed E-state index contributed by atoms with van der Waals surface area (Å²) >= 11 is 0. The van der Waals surface area contributed by atoms with E-state index in [0.717, 1.165) is 11.4 Å². The van der Waals surface area contributed by atoms with Gasteiger partial charge in [0.2, 0.25) is 0 Å². The van der Waals surface area contributed by atoms with Gasteiger partial charge in [-0.1, -0.05) is 27.7 Å². The van der Waals surface area contributed by atoms with Crippen molar-refractivity contribution in [1.29, 1.82) is 0 Å². The lowest BCUT2D eigenvalue weighted by Crippen LogP contribution is -2.31. The van der Waals surface area contributed by atoms with Crippen LogP contribution in [0.1, 0.15) is 39.2 Å². The van der Waals surface area contributed by atoms with Crippen molar-refractivity contribution in [2.24, 2.45) is 11.8 Å². The van der Waals surface area contributed by atoms with E-state index < -0.39 is 0 Å². The Morgan fingerprint density at radius 2 is 1.83 bits per heavy atom. The van der Waals surface area contributed by atoms with E-state index >= 15 is 0 Å². The van der Waals surface area contributed by atoms with Crippen LogP contribution in [0.4, 0.5) is 11.6 Å². The van der Waals surface area contributed by atoms with E-state index in [4.69, 9.17) is 5.84 Å². The molecule has 1 aromatic heterocycles. The molecule has 18 heavy (non-hydrogen) atoms. The summed E-state index contributed by atoms with van der Waals surface area (Å²) in [5.74, 6) is 7.33. The van der Waals surface area contributed by atoms with Gasteiger partial charge >= 0.3 is 0 Å². The van der Waals surface area contributed by atoms with Gasteiger partial charge in [-0.3, -0.25) is 0 Å². The van der Waals surface area contributed by atoms with Gasteiger partial charge < -0.3 is 15.8 Å². The first-order valence-electron chi connectivity index (χ1n) is 6.20. The van der Waals surface area contributed by atoms with Crippen molar-refractivity contribution in [3.63, 3.8) is 0 Å². The van der Waals surface area contributed by atoms with Gasteiger partial charge in [0.05, 0.1) is 12.6 Å². The van der Waals surface area contributed by atoms with E-state index in [1.165, 1.54) is 6.33 Å². The molecule has 0 saturated carbocycles. The van der Waals surface area contributed by atoms with Gasteiger partial charge in [-0.05, 0) is 11.8 Å². The Morgan fingerprint density at radius 1 is 1.22 bits per heavy atom. The van der Waals surface area contributed by atoms with E-state index in [9.17, 15) is 5.11 Å². The molecule has 1 rings (SSSR count). The van der Waals surface area contributed by atoms with Crippen LogP contribution in [0.3, 0.4) is 0 Å². The van der Waals surface area contributed by atoms with E-state index in [1.54, 1.807) is 0 Å². The fraction of sp³-hybridized carbons (Fsp3) is 0.667. The van der Waals surface area contributed by atoms with E-state index in [2.05, 4.69) is 20.7 Å². The Kier molecular flexibility index (Phi) is 5.30. The standard InChI is InChI=1S/C12H23N5O/c1-7(2)9(5-18)16-11-10(8(3)4)12(17-13)15-6-14-11/h6-9,18H,5,13H2,1-4H3,(H2,14,15,16,17). The Balaban J connectivity index is 3.07. The van der Waals surface area contributed by atoms with Crippen LogP contribution >= 0.6 is 0 Å². The van der Waals surface area contributed by atoms with Crippen molar-refractivity contribution in [1.82, 2.24) is 9.97 Å². The number of nitrogens with one attached hydrogen (secondary N) is 2. The van der Waals surface area contributed by atoms with E-state index in [1.807, 2.05) is 27.7 Å². The maximum absolute atomic E-state index is 9.37. The fourth-order valence-electron chi connectivity index (χ4n) is 1.77. The van der Waals surface area contributed by atoms with Gasteiger partial charge in [-0.2, -0.15) is 0 Å². The van der Waals surface area contributed by atoms with Crippen molar-refractivity contribution < 1.29 is 5.11 Å². The summed E-state index contributed by atoms with van der Waals surface area (Å²) in [5.41, 5.74) is 3.51. The molecule has 0 spiro atoms. The molecule has 0 bridgehead atoms. The minimum atomic E-state index is -0.0389. The number of aromatic nitrogens is 2. The highest BCUT2D eigenvalue weighted by Gasteiger charge is 2.18. The first-order chi connectivity index (χ1) is 8.51. The molecule has 0 radical (unpaired) electrons. The molecule has 0 fully saturated rings. The van der Waals surface area contributed by atoms with Crippen molar-refractivity contribution in [3.8, 4) is 0 Å². The van der Waals surface area contributed by atoms with Crippen molar-refractivity contribution in [3.05, 3.63) is 11.9 Å². The van der Waals surface area contributed by atoms with Crippen molar-refractivity contribution >= 4 is 11.6 Å². The average molecular weight is 253 g/mol. The van der Waals surface area contributed by atoms with Crippen LogP contribution in [0.5, 0.6) is 0 Å². The second-order valence-electron chi connectivity index (χ2n) is 4.96. The topological polar surface area (TPSA) is 96.1 Å². The molecule has 0 aliphatic rings. The lowest BCUT2D eigenvalue weighted by atomic mass is 10.0. The lowest BCUT2D eigenvalue weighted by Gasteiger charge is -2.23. The number of anilines is 2. The summed E-state index contributed by atoms with van der Waals surface area (Å²) in [6.07, 6.45) is 1.46. The number of nitrogens with zero attached hydrogens (tertiary/aromatic N) is 2. The first-order valence-corrected chi connectivity index (χ1v) is 6.20. The van der Waals surface area contributed by atoms with Crippen LogP contribution in [0.2, 0.25) is 0 Å². The van der Waals surface area contributed by atoms with E-state index in [0.29, 0.717) is 11.7 Å². The molecule has 6 nitrogen and oxygen atoms in total. The normalized spacial score (nSPS) is 12.9. The highest BCUT2D eigenvalue weighted by atomic mass is 16.3. The molecule has 0 aromatic carbocycles. The third-order valence-electron chi connectivity index (χ3n) is 2.92. The quantitative estimate of drug-likeness (QED) is 0.451. The van der Waals surface area contributed by atoms with Gasteiger partial charge in [0.15, 0.2) is 0 Å². The smallest absolute Gasteiger partial charge is 0.148 e. The Labute approximate surface area is 108 Å². The van der Waals surface area contributed by atoms with Gasteiger partial charge in [0, 0.05) is 5.56 Å². The predicted octanol–water partition coefficient (Wildman–Crippen LogP) is 1.31. The van der Waals surface area contributed by atoms with Crippen LogP contribution in [0.25, 0.3) is 0 Å². The molecule has 102 valence electrons. The molecule has 0 amide bonds. The van der Waals surface area contributed by atoms with Gasteiger partial charge in [-0.25, -0.2) is 15.8 Å². The molecule has 0 aliphatic carbocycles. The molecule has 6 heteroatoms. The predicted molar refractivity (Wildman–Crippen MR) is 73.3 cm³/mol. The maximum atomic E-state index is 9.37. The second kappa shape index (κ2) is 6.51. The molecule has 1 aromatic rings. The molecule has 0 aliphatic heterocycles. The minimum Gasteiger partial charge on any atom is -0.394 e. The summed E-state index contributed by atoms with van der Waals surface area (Å²) in [6, 6.07) is -0.0389. The van der Waals surface area contributed by atoms with Gasteiger partial charge in [0.1, 0.15) is 18.0 Å². The zero-order valence-electron chi connectivity index (χ0n) is 11.4. The highest BCUT2D eigenvalue weighted by Crippen LogP contribution is 2.28. The number of hydrazine groups is 1. The van der Waals surface area contributed by atoms with Crippen molar-refractivity contribution in [2.45, 2.75) is 39.7 Å². The van der Waals surface area contributed by atoms with Crippen LogP contribution < -0.4 is 16.6 Å². The monoisotopic (exact) mass is 253 g/mol. The molecule has 1 unspecified atom stereocenters. The number of hydrogen-bond donors (Lipinski definition) is 4. The van der Waals surface area contributed by atoms with Crippen molar-refractivity contribution in [2.75, 3.05) is 17.3 Å². The Morgan fingerprint density at radius 3 is 2.28 bits per heavy atom. The van der Waals surface area contributed by atoms with E-state index in [-0.39, 0.29) is 18.6 Å². The number of aliphatic hydroxyl groups is 1. The Hall–Kier alpha value is -1.40. The fourth-order valence-corrected chi connectivity index (χ4v) is 1.77.